The molecule has 6 nitrogen and oxygen atoms in total. The van der Waals surface area contributed by atoms with Gasteiger partial charge in [0, 0.05) is 18.8 Å². The van der Waals surface area contributed by atoms with E-state index >= 15 is 0 Å². The van der Waals surface area contributed by atoms with Crippen LogP contribution in [0.25, 0.3) is 0 Å². The van der Waals surface area contributed by atoms with Gasteiger partial charge in [0.2, 0.25) is 0 Å². The molecule has 0 aliphatic rings. The molecule has 3 rings (SSSR count). The van der Waals surface area contributed by atoms with E-state index in [0.717, 1.165) is 37.3 Å². The zero-order valence-electron chi connectivity index (χ0n) is 19.1. The van der Waals surface area contributed by atoms with Crippen molar-refractivity contribution in [2.45, 2.75) is 39.7 Å². The number of carbonyl (C=O) groups is 2. The Balaban J connectivity index is 1.93. The van der Waals surface area contributed by atoms with E-state index in [2.05, 4.69) is 22.5 Å². The van der Waals surface area contributed by atoms with E-state index in [1.807, 2.05) is 31.2 Å². The van der Waals surface area contributed by atoms with Crippen LogP contribution in [0.2, 0.25) is 5.02 Å². The van der Waals surface area contributed by atoms with Gasteiger partial charge in [-0.05, 0) is 55.3 Å². The van der Waals surface area contributed by atoms with Crippen LogP contribution in [0.3, 0.4) is 0 Å². The SMILES string of the molecule is CCCCN(Cc1ccco1)c1ccc(NC(=O)c2ccccc2Cl)cc1C(=O)NCCC. The number of furan rings is 1. The van der Waals surface area contributed by atoms with Crippen LogP contribution in [0, 0.1) is 0 Å². The normalized spacial score (nSPS) is 10.6. The molecule has 174 valence electrons. The molecule has 0 unspecified atom stereocenters. The molecule has 0 aliphatic carbocycles. The Bertz CT molecular complexity index is 1070. The molecule has 2 N–H and O–H groups in total. The van der Waals surface area contributed by atoms with Crippen LogP contribution in [0.5, 0.6) is 0 Å². The van der Waals surface area contributed by atoms with Crippen LogP contribution in [0.15, 0.2) is 65.3 Å². The van der Waals surface area contributed by atoms with E-state index in [1.165, 1.54) is 0 Å². The van der Waals surface area contributed by atoms with Crippen molar-refractivity contribution in [2.24, 2.45) is 0 Å². The largest absolute Gasteiger partial charge is 0.467 e. The lowest BCUT2D eigenvalue weighted by Crippen LogP contribution is -2.30. The number of nitrogens with zero attached hydrogens (tertiary/aromatic N) is 1. The minimum absolute atomic E-state index is 0.179. The van der Waals surface area contributed by atoms with Crippen molar-refractivity contribution < 1.29 is 14.0 Å². The van der Waals surface area contributed by atoms with Crippen LogP contribution in [0.1, 0.15) is 59.6 Å². The second-order valence-corrected chi connectivity index (χ2v) is 8.18. The number of rotatable bonds is 11. The fourth-order valence-corrected chi connectivity index (χ4v) is 3.69. The van der Waals surface area contributed by atoms with Crippen molar-refractivity contribution in [1.29, 1.82) is 0 Å². The summed E-state index contributed by atoms with van der Waals surface area (Å²) >= 11 is 6.17. The summed E-state index contributed by atoms with van der Waals surface area (Å²) in [6.07, 6.45) is 4.48. The number of halogens is 1. The van der Waals surface area contributed by atoms with Gasteiger partial charge >= 0.3 is 0 Å². The Morgan fingerprint density at radius 2 is 1.79 bits per heavy atom. The molecule has 33 heavy (non-hydrogen) atoms. The van der Waals surface area contributed by atoms with Crippen molar-refractivity contribution in [3.63, 3.8) is 0 Å². The Kier molecular flexibility index (Phi) is 8.95. The number of benzene rings is 2. The van der Waals surface area contributed by atoms with Gasteiger partial charge in [-0.2, -0.15) is 0 Å². The third-order valence-corrected chi connectivity index (χ3v) is 5.53. The second-order valence-electron chi connectivity index (χ2n) is 7.78. The van der Waals surface area contributed by atoms with E-state index in [9.17, 15) is 9.59 Å². The number of amides is 2. The van der Waals surface area contributed by atoms with E-state index in [4.69, 9.17) is 16.0 Å². The maximum atomic E-state index is 13.1. The second kappa shape index (κ2) is 12.1. The van der Waals surface area contributed by atoms with Gasteiger partial charge in [-0.15, -0.1) is 0 Å². The number of hydrogen-bond donors (Lipinski definition) is 2. The number of nitrogens with one attached hydrogen (secondary N) is 2. The fourth-order valence-electron chi connectivity index (χ4n) is 3.47. The van der Waals surface area contributed by atoms with Gasteiger partial charge in [0.15, 0.2) is 0 Å². The molecular formula is C26H30ClN3O3. The molecule has 0 aliphatic heterocycles. The molecule has 0 radical (unpaired) electrons. The van der Waals surface area contributed by atoms with Gasteiger partial charge in [0.1, 0.15) is 5.76 Å². The van der Waals surface area contributed by atoms with E-state index in [0.29, 0.717) is 34.9 Å². The Labute approximate surface area is 199 Å². The first-order chi connectivity index (χ1) is 16.0. The molecule has 2 amide bonds. The van der Waals surface area contributed by atoms with Gasteiger partial charge in [0.05, 0.1) is 34.6 Å². The third kappa shape index (κ3) is 6.62. The minimum Gasteiger partial charge on any atom is -0.467 e. The summed E-state index contributed by atoms with van der Waals surface area (Å²) in [5.41, 5.74) is 2.20. The van der Waals surface area contributed by atoms with E-state index in [1.54, 1.807) is 36.6 Å². The van der Waals surface area contributed by atoms with Crippen molar-refractivity contribution >= 4 is 34.8 Å². The lowest BCUT2D eigenvalue weighted by Gasteiger charge is -2.26. The summed E-state index contributed by atoms with van der Waals surface area (Å²) in [6.45, 7) is 6.03. The van der Waals surface area contributed by atoms with Gasteiger partial charge in [-0.25, -0.2) is 0 Å². The topological polar surface area (TPSA) is 74.6 Å². The molecule has 0 saturated carbocycles. The Morgan fingerprint density at radius 3 is 2.48 bits per heavy atom. The average Bonchev–Trinajstić information content (AvgIpc) is 3.33. The molecule has 0 bridgehead atoms. The summed E-state index contributed by atoms with van der Waals surface area (Å²) < 4.78 is 5.56. The Hall–Kier alpha value is -3.25. The lowest BCUT2D eigenvalue weighted by molar-refractivity contribution is 0.0952. The van der Waals surface area contributed by atoms with Crippen LogP contribution >= 0.6 is 11.6 Å². The quantitative estimate of drug-likeness (QED) is 0.355. The highest BCUT2D eigenvalue weighted by Crippen LogP contribution is 2.28. The van der Waals surface area contributed by atoms with Crippen molar-refractivity contribution in [3.8, 4) is 0 Å². The number of carbonyl (C=O) groups excluding carboxylic acids is 2. The van der Waals surface area contributed by atoms with Crippen molar-refractivity contribution in [1.82, 2.24) is 5.32 Å². The Morgan fingerprint density at radius 1 is 0.970 bits per heavy atom. The lowest BCUT2D eigenvalue weighted by atomic mass is 10.1. The first-order valence-corrected chi connectivity index (χ1v) is 11.7. The number of anilines is 2. The summed E-state index contributed by atoms with van der Waals surface area (Å²) in [6, 6.07) is 16.0. The first kappa shape index (κ1) is 24.4. The molecule has 1 aromatic heterocycles. The summed E-state index contributed by atoms with van der Waals surface area (Å²) in [5, 5.41) is 6.19. The van der Waals surface area contributed by atoms with Crippen molar-refractivity contribution in [3.05, 3.63) is 82.8 Å². The molecule has 7 heteroatoms. The molecule has 0 atom stereocenters. The number of unbranched alkanes of at least 4 members (excludes halogenated alkanes) is 1. The number of hydrogen-bond acceptors (Lipinski definition) is 4. The zero-order chi connectivity index (χ0) is 23.6. The monoisotopic (exact) mass is 467 g/mol. The molecule has 3 aromatic rings. The third-order valence-electron chi connectivity index (χ3n) is 5.20. The molecule has 2 aromatic carbocycles. The van der Waals surface area contributed by atoms with Crippen LogP contribution in [0.4, 0.5) is 11.4 Å². The highest BCUT2D eigenvalue weighted by atomic mass is 35.5. The fraction of sp³-hybridized carbons (Fsp3) is 0.308. The van der Waals surface area contributed by atoms with Gasteiger partial charge in [-0.1, -0.05) is 44.0 Å². The van der Waals surface area contributed by atoms with Gasteiger partial charge < -0.3 is 20.0 Å². The smallest absolute Gasteiger partial charge is 0.257 e. The highest BCUT2D eigenvalue weighted by Gasteiger charge is 2.19. The van der Waals surface area contributed by atoms with Gasteiger partial charge in [-0.3, -0.25) is 9.59 Å². The van der Waals surface area contributed by atoms with E-state index < -0.39 is 0 Å². The van der Waals surface area contributed by atoms with Gasteiger partial charge in [0.25, 0.3) is 11.8 Å². The minimum atomic E-state index is -0.327. The summed E-state index contributed by atoms with van der Waals surface area (Å²) in [7, 11) is 0. The van der Waals surface area contributed by atoms with E-state index in [-0.39, 0.29) is 11.8 Å². The standard InChI is InChI=1S/C26H30ClN3O3/c1-3-5-15-30(18-20-9-8-16-33-20)24-13-12-19(17-22(24)25(31)28-14-4-2)29-26(32)21-10-6-7-11-23(21)27/h6-13,16-17H,3-5,14-15,18H2,1-2H3,(H,28,31)(H,29,32). The molecule has 0 saturated heterocycles. The van der Waals surface area contributed by atoms with Crippen LogP contribution in [-0.2, 0) is 6.54 Å². The molecule has 0 fully saturated rings. The maximum Gasteiger partial charge on any atom is 0.257 e. The van der Waals surface area contributed by atoms with Crippen LogP contribution < -0.4 is 15.5 Å². The van der Waals surface area contributed by atoms with Crippen molar-refractivity contribution in [2.75, 3.05) is 23.3 Å². The zero-order valence-corrected chi connectivity index (χ0v) is 19.8. The average molecular weight is 468 g/mol. The van der Waals surface area contributed by atoms with Crippen LogP contribution in [-0.4, -0.2) is 24.9 Å². The molecular weight excluding hydrogens is 438 g/mol. The first-order valence-electron chi connectivity index (χ1n) is 11.3. The summed E-state index contributed by atoms with van der Waals surface area (Å²) in [4.78, 5) is 28.0. The maximum absolute atomic E-state index is 13.1. The predicted octanol–water partition coefficient (Wildman–Crippen LogP) is 6.13. The summed E-state index contributed by atoms with van der Waals surface area (Å²) in [5.74, 6) is 0.315. The highest BCUT2D eigenvalue weighted by molar-refractivity contribution is 6.34. The molecule has 0 spiro atoms. The predicted molar refractivity (Wildman–Crippen MR) is 133 cm³/mol. The molecule has 1 heterocycles.